The van der Waals surface area contributed by atoms with Gasteiger partial charge in [0.15, 0.2) is 0 Å². The lowest BCUT2D eigenvalue weighted by molar-refractivity contribution is -0.158. The highest BCUT2D eigenvalue weighted by Crippen LogP contribution is 2.18. The summed E-state index contributed by atoms with van der Waals surface area (Å²) in [6.45, 7) is 8.48. The molecule has 6 heteroatoms. The van der Waals surface area contributed by atoms with E-state index in [9.17, 15) is 14.4 Å². The fraction of sp³-hybridized carbons (Fsp3) is 0.462. The van der Waals surface area contributed by atoms with Crippen LogP contribution in [0.15, 0.2) is 24.8 Å². The standard InChI is InChI=1S/C13H16O6/c1-4-11(14)17-6-5-8(2)12(15)19-10-7-9(3)18-13(10)16/h4,9-10H,1-2,5-7H2,3H3. The number of rotatable bonds is 6. The minimum absolute atomic E-state index is 0.00427. The van der Waals surface area contributed by atoms with Crippen molar-refractivity contribution in [3.05, 3.63) is 24.8 Å². The van der Waals surface area contributed by atoms with E-state index >= 15 is 0 Å². The van der Waals surface area contributed by atoms with Crippen molar-refractivity contribution in [1.82, 2.24) is 0 Å². The molecule has 2 unspecified atom stereocenters. The van der Waals surface area contributed by atoms with Crippen molar-refractivity contribution in [2.45, 2.75) is 32.0 Å². The van der Waals surface area contributed by atoms with Crippen molar-refractivity contribution < 1.29 is 28.6 Å². The molecule has 0 aromatic carbocycles. The average Bonchev–Trinajstić information content (AvgIpc) is 2.67. The molecule has 0 N–H and O–H groups in total. The van der Waals surface area contributed by atoms with Crippen LogP contribution in [0, 0.1) is 0 Å². The summed E-state index contributed by atoms with van der Waals surface area (Å²) in [4.78, 5) is 33.7. The predicted octanol–water partition coefficient (Wildman–Crippen LogP) is 0.909. The Kier molecular flexibility index (Phi) is 5.29. The van der Waals surface area contributed by atoms with E-state index in [-0.39, 0.29) is 24.7 Å². The molecular formula is C13H16O6. The second-order valence-electron chi connectivity index (χ2n) is 4.10. The molecule has 0 aliphatic carbocycles. The van der Waals surface area contributed by atoms with Crippen molar-refractivity contribution in [1.29, 1.82) is 0 Å². The molecule has 19 heavy (non-hydrogen) atoms. The zero-order valence-corrected chi connectivity index (χ0v) is 10.7. The van der Waals surface area contributed by atoms with Crippen molar-refractivity contribution in [3.63, 3.8) is 0 Å². The lowest BCUT2D eigenvalue weighted by Crippen LogP contribution is -2.23. The van der Waals surface area contributed by atoms with E-state index < -0.39 is 24.0 Å². The number of hydrogen-bond acceptors (Lipinski definition) is 6. The van der Waals surface area contributed by atoms with Crippen LogP contribution in [-0.2, 0) is 28.6 Å². The van der Waals surface area contributed by atoms with Crippen molar-refractivity contribution >= 4 is 17.9 Å². The molecule has 0 bridgehead atoms. The number of hydrogen-bond donors (Lipinski definition) is 0. The lowest BCUT2D eigenvalue weighted by Gasteiger charge is -2.10. The molecule has 6 nitrogen and oxygen atoms in total. The molecule has 1 saturated heterocycles. The van der Waals surface area contributed by atoms with Crippen LogP contribution >= 0.6 is 0 Å². The highest BCUT2D eigenvalue weighted by atomic mass is 16.6. The van der Waals surface area contributed by atoms with E-state index in [0.717, 1.165) is 6.08 Å². The fourth-order valence-electron chi connectivity index (χ4n) is 1.46. The van der Waals surface area contributed by atoms with Gasteiger partial charge in [-0.3, -0.25) is 0 Å². The monoisotopic (exact) mass is 268 g/mol. The largest absolute Gasteiger partial charge is 0.462 e. The van der Waals surface area contributed by atoms with E-state index in [1.54, 1.807) is 6.92 Å². The number of ether oxygens (including phenoxy) is 3. The summed E-state index contributed by atoms with van der Waals surface area (Å²) >= 11 is 0. The van der Waals surface area contributed by atoms with Gasteiger partial charge in [-0.25, -0.2) is 14.4 Å². The topological polar surface area (TPSA) is 78.9 Å². The van der Waals surface area contributed by atoms with Crippen LogP contribution in [0.3, 0.4) is 0 Å². The van der Waals surface area contributed by atoms with Gasteiger partial charge >= 0.3 is 17.9 Å². The van der Waals surface area contributed by atoms with Crippen LogP contribution in [0.4, 0.5) is 0 Å². The summed E-state index contributed by atoms with van der Waals surface area (Å²) in [5, 5.41) is 0. The van der Waals surface area contributed by atoms with Gasteiger partial charge in [-0.2, -0.15) is 0 Å². The third-order valence-electron chi connectivity index (χ3n) is 2.48. The van der Waals surface area contributed by atoms with Gasteiger partial charge in [0.1, 0.15) is 6.10 Å². The summed E-state index contributed by atoms with van der Waals surface area (Å²) in [6, 6.07) is 0. The SMILES string of the molecule is C=CC(=O)OCCC(=C)C(=O)OC1CC(C)OC1=O. The normalized spacial score (nSPS) is 21.4. The van der Waals surface area contributed by atoms with Crippen molar-refractivity contribution in [3.8, 4) is 0 Å². The molecule has 1 rings (SSSR count). The van der Waals surface area contributed by atoms with Gasteiger partial charge in [0.2, 0.25) is 6.10 Å². The summed E-state index contributed by atoms with van der Waals surface area (Å²) in [5.74, 6) is -1.81. The van der Waals surface area contributed by atoms with E-state index in [1.807, 2.05) is 0 Å². The minimum atomic E-state index is -0.880. The zero-order chi connectivity index (χ0) is 14.4. The van der Waals surface area contributed by atoms with Crippen LogP contribution in [0.25, 0.3) is 0 Å². The molecule has 1 aliphatic rings. The molecule has 1 fully saturated rings. The Bertz CT molecular complexity index is 411. The smallest absolute Gasteiger partial charge is 0.347 e. The third-order valence-corrected chi connectivity index (χ3v) is 2.48. The van der Waals surface area contributed by atoms with E-state index in [0.29, 0.717) is 6.42 Å². The Balaban J connectivity index is 2.33. The highest BCUT2D eigenvalue weighted by molar-refractivity contribution is 5.90. The van der Waals surface area contributed by atoms with Gasteiger partial charge in [-0.05, 0) is 6.92 Å². The molecule has 104 valence electrons. The summed E-state index contributed by atoms with van der Waals surface area (Å²) in [7, 11) is 0. The average molecular weight is 268 g/mol. The number of esters is 3. The zero-order valence-electron chi connectivity index (χ0n) is 10.7. The van der Waals surface area contributed by atoms with Gasteiger partial charge in [-0.15, -0.1) is 0 Å². The Labute approximate surface area is 111 Å². The van der Waals surface area contributed by atoms with Crippen LogP contribution in [0.2, 0.25) is 0 Å². The Hall–Kier alpha value is -2.11. The van der Waals surface area contributed by atoms with Crippen LogP contribution in [0.1, 0.15) is 19.8 Å². The van der Waals surface area contributed by atoms with E-state index in [2.05, 4.69) is 13.2 Å². The Morgan fingerprint density at radius 2 is 2.21 bits per heavy atom. The van der Waals surface area contributed by atoms with Gasteiger partial charge in [-0.1, -0.05) is 13.2 Å². The van der Waals surface area contributed by atoms with Crippen LogP contribution < -0.4 is 0 Å². The molecule has 1 aliphatic heterocycles. The summed E-state index contributed by atoms with van der Waals surface area (Å²) in [6.07, 6.45) is 0.359. The quantitative estimate of drug-likeness (QED) is 0.405. The van der Waals surface area contributed by atoms with Crippen LogP contribution in [0.5, 0.6) is 0 Å². The number of cyclic esters (lactones) is 1. The predicted molar refractivity (Wildman–Crippen MR) is 65.0 cm³/mol. The fourth-order valence-corrected chi connectivity index (χ4v) is 1.46. The maximum Gasteiger partial charge on any atom is 0.347 e. The summed E-state index contributed by atoms with van der Waals surface area (Å²) in [5.41, 5.74) is 0.129. The highest BCUT2D eigenvalue weighted by Gasteiger charge is 2.35. The first-order valence-electron chi connectivity index (χ1n) is 5.82. The molecule has 0 aromatic heterocycles. The first kappa shape index (κ1) is 14.9. The van der Waals surface area contributed by atoms with E-state index in [4.69, 9.17) is 14.2 Å². The van der Waals surface area contributed by atoms with E-state index in [1.165, 1.54) is 0 Å². The van der Waals surface area contributed by atoms with Crippen molar-refractivity contribution in [2.24, 2.45) is 0 Å². The summed E-state index contributed by atoms with van der Waals surface area (Å²) < 4.78 is 14.5. The second-order valence-corrected chi connectivity index (χ2v) is 4.10. The molecule has 0 saturated carbocycles. The van der Waals surface area contributed by atoms with Crippen LogP contribution in [-0.4, -0.2) is 36.7 Å². The molecule has 1 heterocycles. The Morgan fingerprint density at radius 1 is 1.53 bits per heavy atom. The Morgan fingerprint density at radius 3 is 2.74 bits per heavy atom. The lowest BCUT2D eigenvalue weighted by atomic mass is 10.2. The number of carbonyl (C=O) groups is 3. The number of carbonyl (C=O) groups excluding carboxylic acids is 3. The molecule has 0 radical (unpaired) electrons. The van der Waals surface area contributed by atoms with Gasteiger partial charge in [0.25, 0.3) is 0 Å². The van der Waals surface area contributed by atoms with Gasteiger partial charge in [0.05, 0.1) is 6.61 Å². The minimum Gasteiger partial charge on any atom is -0.462 e. The maximum absolute atomic E-state index is 11.6. The first-order valence-corrected chi connectivity index (χ1v) is 5.82. The molecule has 0 spiro atoms. The second kappa shape index (κ2) is 6.72. The third kappa shape index (κ3) is 4.57. The van der Waals surface area contributed by atoms with Crippen molar-refractivity contribution in [2.75, 3.05) is 6.61 Å². The van der Waals surface area contributed by atoms with Gasteiger partial charge < -0.3 is 14.2 Å². The maximum atomic E-state index is 11.6. The molecule has 0 amide bonds. The molecule has 0 aromatic rings. The first-order chi connectivity index (χ1) is 8.93. The van der Waals surface area contributed by atoms with Gasteiger partial charge in [0, 0.05) is 24.5 Å². The molecule has 2 atom stereocenters. The molecular weight excluding hydrogens is 252 g/mol.